The standard InChI is InChI=1S/C15H21NO4/c1-15(2,3)20-14(19)12(16)11(13(17)18)9-10-7-5-4-6-8-10/h4-8,11-12H,9,16H2,1-3H3,(H,17,18)/t11?,12-/m0/s1. The van der Waals surface area contributed by atoms with Crippen LogP contribution in [-0.2, 0) is 20.7 Å². The van der Waals surface area contributed by atoms with Gasteiger partial charge in [-0.1, -0.05) is 30.3 Å². The Morgan fingerprint density at radius 3 is 2.25 bits per heavy atom. The molecule has 20 heavy (non-hydrogen) atoms. The van der Waals surface area contributed by atoms with E-state index in [4.69, 9.17) is 10.5 Å². The molecular formula is C15H21NO4. The average molecular weight is 279 g/mol. The zero-order chi connectivity index (χ0) is 15.3. The summed E-state index contributed by atoms with van der Waals surface area (Å²) in [7, 11) is 0. The summed E-state index contributed by atoms with van der Waals surface area (Å²) in [5, 5.41) is 9.26. The maximum absolute atomic E-state index is 11.9. The molecule has 1 aromatic carbocycles. The van der Waals surface area contributed by atoms with E-state index in [2.05, 4.69) is 0 Å². The summed E-state index contributed by atoms with van der Waals surface area (Å²) in [6.45, 7) is 5.14. The molecule has 0 saturated carbocycles. The summed E-state index contributed by atoms with van der Waals surface area (Å²) in [4.78, 5) is 23.2. The van der Waals surface area contributed by atoms with Gasteiger partial charge in [0.05, 0.1) is 5.92 Å². The van der Waals surface area contributed by atoms with E-state index in [1.54, 1.807) is 32.9 Å². The molecule has 0 fully saturated rings. The Bertz CT molecular complexity index is 465. The molecule has 0 amide bonds. The Kier molecular flexibility index (Phi) is 5.27. The highest BCUT2D eigenvalue weighted by molar-refractivity contribution is 5.84. The Balaban J connectivity index is 2.81. The molecule has 3 N–H and O–H groups in total. The highest BCUT2D eigenvalue weighted by Crippen LogP contribution is 2.16. The number of carboxylic acid groups (broad SMARTS) is 1. The summed E-state index contributed by atoms with van der Waals surface area (Å²) in [6, 6.07) is 7.88. The molecule has 0 aliphatic heterocycles. The number of aliphatic carboxylic acids is 1. The van der Waals surface area contributed by atoms with Crippen LogP contribution < -0.4 is 5.73 Å². The molecule has 0 bridgehead atoms. The van der Waals surface area contributed by atoms with Crippen molar-refractivity contribution >= 4 is 11.9 Å². The molecule has 0 aromatic heterocycles. The van der Waals surface area contributed by atoms with E-state index in [-0.39, 0.29) is 6.42 Å². The van der Waals surface area contributed by atoms with Crippen LogP contribution in [0.3, 0.4) is 0 Å². The summed E-state index contributed by atoms with van der Waals surface area (Å²) in [5.41, 5.74) is 5.89. The SMILES string of the molecule is CC(C)(C)OC(=O)[C@@H](N)C(Cc1ccccc1)C(=O)O. The fourth-order valence-corrected chi connectivity index (χ4v) is 1.77. The van der Waals surface area contributed by atoms with Crippen LogP contribution in [0.15, 0.2) is 30.3 Å². The topological polar surface area (TPSA) is 89.6 Å². The van der Waals surface area contributed by atoms with Crippen molar-refractivity contribution in [2.24, 2.45) is 11.7 Å². The van der Waals surface area contributed by atoms with E-state index < -0.39 is 29.5 Å². The predicted octanol–water partition coefficient (Wildman–Crippen LogP) is 1.60. The normalized spacial score (nSPS) is 14.4. The van der Waals surface area contributed by atoms with Gasteiger partial charge >= 0.3 is 11.9 Å². The zero-order valence-electron chi connectivity index (χ0n) is 12.0. The molecule has 0 aliphatic rings. The lowest BCUT2D eigenvalue weighted by Crippen LogP contribution is -2.46. The minimum atomic E-state index is -1.19. The second-order valence-electron chi connectivity index (χ2n) is 5.69. The minimum absolute atomic E-state index is 0.191. The highest BCUT2D eigenvalue weighted by Gasteiger charge is 2.33. The van der Waals surface area contributed by atoms with Crippen molar-refractivity contribution in [2.75, 3.05) is 0 Å². The number of rotatable bonds is 5. The molecule has 1 unspecified atom stereocenters. The van der Waals surface area contributed by atoms with E-state index >= 15 is 0 Å². The number of carbonyl (C=O) groups is 2. The van der Waals surface area contributed by atoms with Gasteiger partial charge in [0.15, 0.2) is 0 Å². The number of nitrogens with two attached hydrogens (primary N) is 1. The largest absolute Gasteiger partial charge is 0.481 e. The third kappa shape index (κ3) is 5.01. The van der Waals surface area contributed by atoms with Crippen LogP contribution >= 0.6 is 0 Å². The quantitative estimate of drug-likeness (QED) is 0.799. The first-order valence-corrected chi connectivity index (χ1v) is 6.46. The molecule has 0 spiro atoms. The van der Waals surface area contributed by atoms with Crippen molar-refractivity contribution in [1.82, 2.24) is 0 Å². The number of hydrogen-bond acceptors (Lipinski definition) is 4. The summed E-state index contributed by atoms with van der Waals surface area (Å²) < 4.78 is 5.14. The molecule has 5 heteroatoms. The third-order valence-electron chi connectivity index (χ3n) is 2.73. The maximum atomic E-state index is 11.9. The van der Waals surface area contributed by atoms with Gasteiger partial charge in [0.25, 0.3) is 0 Å². The number of hydrogen-bond donors (Lipinski definition) is 2. The average Bonchev–Trinajstić information content (AvgIpc) is 2.34. The lowest BCUT2D eigenvalue weighted by atomic mass is 9.92. The summed E-state index contributed by atoms with van der Waals surface area (Å²) in [6.07, 6.45) is 0.191. The predicted molar refractivity (Wildman–Crippen MR) is 75.1 cm³/mol. The third-order valence-corrected chi connectivity index (χ3v) is 2.73. The summed E-state index contributed by atoms with van der Waals surface area (Å²) >= 11 is 0. The smallest absolute Gasteiger partial charge is 0.324 e. The van der Waals surface area contributed by atoms with Crippen molar-refractivity contribution in [3.8, 4) is 0 Å². The van der Waals surface area contributed by atoms with Crippen LogP contribution in [0, 0.1) is 5.92 Å². The molecule has 1 aromatic rings. The molecule has 0 heterocycles. The van der Waals surface area contributed by atoms with Crippen molar-refractivity contribution in [3.63, 3.8) is 0 Å². The van der Waals surface area contributed by atoms with E-state index in [0.717, 1.165) is 5.56 Å². The number of benzene rings is 1. The van der Waals surface area contributed by atoms with Gasteiger partial charge in [-0.05, 0) is 32.8 Å². The van der Waals surface area contributed by atoms with E-state index in [0.29, 0.717) is 0 Å². The highest BCUT2D eigenvalue weighted by atomic mass is 16.6. The van der Waals surface area contributed by atoms with E-state index in [1.165, 1.54) is 0 Å². The van der Waals surface area contributed by atoms with Crippen molar-refractivity contribution in [1.29, 1.82) is 0 Å². The second-order valence-corrected chi connectivity index (χ2v) is 5.69. The number of carbonyl (C=O) groups excluding carboxylic acids is 1. The van der Waals surface area contributed by atoms with Gasteiger partial charge in [0, 0.05) is 0 Å². The fraction of sp³-hybridized carbons (Fsp3) is 0.467. The van der Waals surface area contributed by atoms with Crippen molar-refractivity contribution in [2.45, 2.75) is 38.8 Å². The minimum Gasteiger partial charge on any atom is -0.481 e. The van der Waals surface area contributed by atoms with Crippen molar-refractivity contribution in [3.05, 3.63) is 35.9 Å². The Morgan fingerprint density at radius 2 is 1.80 bits per heavy atom. The zero-order valence-corrected chi connectivity index (χ0v) is 12.0. The maximum Gasteiger partial charge on any atom is 0.324 e. The van der Waals surface area contributed by atoms with Crippen molar-refractivity contribution < 1.29 is 19.4 Å². The summed E-state index contributed by atoms with van der Waals surface area (Å²) in [5.74, 6) is -2.81. The van der Waals surface area contributed by atoms with Gasteiger partial charge < -0.3 is 15.6 Å². The van der Waals surface area contributed by atoms with E-state index in [1.807, 2.05) is 18.2 Å². The van der Waals surface area contributed by atoms with Gasteiger partial charge in [0.1, 0.15) is 11.6 Å². The van der Waals surface area contributed by atoms with Gasteiger partial charge in [-0.15, -0.1) is 0 Å². The lowest BCUT2D eigenvalue weighted by molar-refractivity contribution is -0.161. The Hall–Kier alpha value is -1.88. The van der Waals surface area contributed by atoms with Crippen LogP contribution in [-0.4, -0.2) is 28.7 Å². The van der Waals surface area contributed by atoms with Crippen LogP contribution in [0.4, 0.5) is 0 Å². The Morgan fingerprint density at radius 1 is 1.25 bits per heavy atom. The van der Waals surface area contributed by atoms with Crippen LogP contribution in [0.2, 0.25) is 0 Å². The molecule has 2 atom stereocenters. The fourth-order valence-electron chi connectivity index (χ4n) is 1.77. The van der Waals surface area contributed by atoms with Gasteiger partial charge in [-0.25, -0.2) is 0 Å². The van der Waals surface area contributed by atoms with Gasteiger partial charge in [0.2, 0.25) is 0 Å². The Labute approximate surface area is 118 Å². The van der Waals surface area contributed by atoms with Crippen LogP contribution in [0.5, 0.6) is 0 Å². The monoisotopic (exact) mass is 279 g/mol. The molecule has 0 saturated heterocycles. The number of esters is 1. The molecule has 110 valence electrons. The van der Waals surface area contributed by atoms with Gasteiger partial charge in [-0.2, -0.15) is 0 Å². The first-order valence-electron chi connectivity index (χ1n) is 6.46. The number of ether oxygens (including phenoxy) is 1. The lowest BCUT2D eigenvalue weighted by Gasteiger charge is -2.25. The first-order chi connectivity index (χ1) is 9.20. The molecule has 0 aliphatic carbocycles. The molecule has 5 nitrogen and oxygen atoms in total. The van der Waals surface area contributed by atoms with Crippen LogP contribution in [0.1, 0.15) is 26.3 Å². The number of carboxylic acids is 1. The molecule has 1 rings (SSSR count). The second kappa shape index (κ2) is 6.52. The molecule has 0 radical (unpaired) electrons. The molecular weight excluding hydrogens is 258 g/mol. The van der Waals surface area contributed by atoms with Gasteiger partial charge in [-0.3, -0.25) is 9.59 Å². The van der Waals surface area contributed by atoms with E-state index in [9.17, 15) is 14.7 Å². The van der Waals surface area contributed by atoms with Crippen LogP contribution in [0.25, 0.3) is 0 Å². The first kappa shape index (κ1) is 16.2.